The first kappa shape index (κ1) is 17.6. The fourth-order valence-electron chi connectivity index (χ4n) is 1.79. The van der Waals surface area contributed by atoms with Crippen molar-refractivity contribution < 1.29 is 19.4 Å². The molecule has 0 bridgehead atoms. The summed E-state index contributed by atoms with van der Waals surface area (Å²) in [5, 5.41) is 14.1. The number of nitrogens with zero attached hydrogens (tertiary/aromatic N) is 1. The molecule has 7 heteroatoms. The van der Waals surface area contributed by atoms with E-state index in [0.29, 0.717) is 22.1 Å². The number of amides is 1. The van der Waals surface area contributed by atoms with E-state index < -0.39 is 12.0 Å². The Balaban J connectivity index is 1.93. The topological polar surface area (TPSA) is 80.2 Å². The van der Waals surface area contributed by atoms with Gasteiger partial charge in [-0.2, -0.15) is 5.10 Å². The van der Waals surface area contributed by atoms with E-state index in [1.165, 1.54) is 19.4 Å². The zero-order chi connectivity index (χ0) is 17.5. The maximum absolute atomic E-state index is 11.9. The number of phenolic OH excluding ortho intramolecular Hbond substituents is 1. The van der Waals surface area contributed by atoms with E-state index in [1.807, 2.05) is 0 Å². The molecule has 0 heterocycles. The quantitative estimate of drug-likeness (QED) is 0.621. The molecule has 0 aromatic heterocycles. The molecule has 0 fully saturated rings. The SMILES string of the molecule is COc1ccc(O)c(/C=N\NC(=O)[C@H](C)Oc2ccc(Cl)cc2)c1. The normalized spacial score (nSPS) is 12.0. The summed E-state index contributed by atoms with van der Waals surface area (Å²) >= 11 is 5.79. The fraction of sp³-hybridized carbons (Fsp3) is 0.176. The van der Waals surface area contributed by atoms with Gasteiger partial charge in [-0.05, 0) is 49.4 Å². The summed E-state index contributed by atoms with van der Waals surface area (Å²) in [4.78, 5) is 11.9. The monoisotopic (exact) mass is 348 g/mol. The number of nitrogens with one attached hydrogen (secondary N) is 1. The highest BCUT2D eigenvalue weighted by molar-refractivity contribution is 6.30. The van der Waals surface area contributed by atoms with Crippen molar-refractivity contribution in [3.8, 4) is 17.2 Å². The number of carbonyl (C=O) groups is 1. The molecule has 6 nitrogen and oxygen atoms in total. The Morgan fingerprint density at radius 3 is 2.58 bits per heavy atom. The van der Waals surface area contributed by atoms with Crippen LogP contribution in [-0.2, 0) is 4.79 Å². The third-order valence-electron chi connectivity index (χ3n) is 3.11. The molecule has 0 saturated heterocycles. The van der Waals surface area contributed by atoms with Crippen molar-refractivity contribution >= 4 is 23.7 Å². The standard InChI is InChI=1S/C17H17ClN2O4/c1-11(24-14-5-3-13(18)4-6-14)17(22)20-19-10-12-9-15(23-2)7-8-16(12)21/h3-11,21H,1-2H3,(H,20,22)/b19-10-/t11-/m0/s1. The summed E-state index contributed by atoms with van der Waals surface area (Å²) in [6.07, 6.45) is 0.576. The second-order valence-electron chi connectivity index (χ2n) is 4.87. The summed E-state index contributed by atoms with van der Waals surface area (Å²) in [5.74, 6) is 0.694. The maximum Gasteiger partial charge on any atom is 0.280 e. The summed E-state index contributed by atoms with van der Waals surface area (Å²) in [6.45, 7) is 1.60. The average molecular weight is 349 g/mol. The van der Waals surface area contributed by atoms with Gasteiger partial charge in [-0.15, -0.1) is 0 Å². The van der Waals surface area contributed by atoms with E-state index in [4.69, 9.17) is 21.1 Å². The van der Waals surface area contributed by atoms with Gasteiger partial charge in [-0.1, -0.05) is 11.6 Å². The number of phenols is 1. The van der Waals surface area contributed by atoms with Crippen molar-refractivity contribution in [2.45, 2.75) is 13.0 Å². The van der Waals surface area contributed by atoms with Gasteiger partial charge in [-0.25, -0.2) is 5.43 Å². The van der Waals surface area contributed by atoms with Gasteiger partial charge >= 0.3 is 0 Å². The van der Waals surface area contributed by atoms with Gasteiger partial charge in [0.15, 0.2) is 6.10 Å². The van der Waals surface area contributed by atoms with Gasteiger partial charge in [0.1, 0.15) is 17.2 Å². The highest BCUT2D eigenvalue weighted by Crippen LogP contribution is 2.21. The van der Waals surface area contributed by atoms with Crippen LogP contribution in [0.2, 0.25) is 5.02 Å². The Bertz CT molecular complexity index is 732. The summed E-state index contributed by atoms with van der Waals surface area (Å²) in [6, 6.07) is 11.4. The van der Waals surface area contributed by atoms with Gasteiger partial charge in [0.05, 0.1) is 13.3 Å². The molecule has 2 aromatic carbocycles. The summed E-state index contributed by atoms with van der Waals surface area (Å²) < 4.78 is 10.5. The Labute approximate surface area is 144 Å². The molecule has 0 aliphatic rings. The van der Waals surface area contributed by atoms with Crippen molar-refractivity contribution in [2.24, 2.45) is 5.10 Å². The first-order chi connectivity index (χ1) is 11.5. The molecule has 0 spiro atoms. The smallest absolute Gasteiger partial charge is 0.280 e. The second-order valence-corrected chi connectivity index (χ2v) is 5.31. The number of hydrogen-bond acceptors (Lipinski definition) is 5. The minimum Gasteiger partial charge on any atom is -0.507 e. The Morgan fingerprint density at radius 2 is 1.92 bits per heavy atom. The molecule has 0 radical (unpaired) electrons. The molecule has 24 heavy (non-hydrogen) atoms. The lowest BCUT2D eigenvalue weighted by Gasteiger charge is -2.12. The number of hydrogen-bond donors (Lipinski definition) is 2. The lowest BCUT2D eigenvalue weighted by molar-refractivity contribution is -0.127. The van der Waals surface area contributed by atoms with Crippen molar-refractivity contribution in [3.63, 3.8) is 0 Å². The number of aromatic hydroxyl groups is 1. The number of hydrazone groups is 1. The molecule has 2 rings (SSSR count). The predicted octanol–water partition coefficient (Wildman–Crippen LogP) is 2.97. The molecule has 0 aliphatic heterocycles. The molecule has 1 atom stereocenters. The first-order valence-electron chi connectivity index (χ1n) is 7.11. The Kier molecular flexibility index (Phi) is 6.03. The number of benzene rings is 2. The van der Waals surface area contributed by atoms with E-state index in [-0.39, 0.29) is 5.75 Å². The highest BCUT2D eigenvalue weighted by Gasteiger charge is 2.13. The number of methoxy groups -OCH3 is 1. The van der Waals surface area contributed by atoms with Crippen molar-refractivity contribution in [2.75, 3.05) is 7.11 Å². The lowest BCUT2D eigenvalue weighted by Crippen LogP contribution is -2.33. The zero-order valence-electron chi connectivity index (χ0n) is 13.2. The van der Waals surface area contributed by atoms with Crippen LogP contribution >= 0.6 is 11.6 Å². The van der Waals surface area contributed by atoms with Gasteiger partial charge in [0.2, 0.25) is 0 Å². The predicted molar refractivity (Wildman–Crippen MR) is 91.9 cm³/mol. The number of carbonyl (C=O) groups excluding carboxylic acids is 1. The number of rotatable bonds is 6. The van der Waals surface area contributed by atoms with E-state index in [9.17, 15) is 9.90 Å². The average Bonchev–Trinajstić information content (AvgIpc) is 2.58. The van der Waals surface area contributed by atoms with Crippen molar-refractivity contribution in [3.05, 3.63) is 53.1 Å². The van der Waals surface area contributed by atoms with Crippen LogP contribution in [-0.4, -0.2) is 30.4 Å². The van der Waals surface area contributed by atoms with E-state index in [2.05, 4.69) is 10.5 Å². The molecule has 0 aliphatic carbocycles. The summed E-state index contributed by atoms with van der Waals surface area (Å²) in [7, 11) is 1.52. The van der Waals surface area contributed by atoms with E-state index >= 15 is 0 Å². The summed E-state index contributed by atoms with van der Waals surface area (Å²) in [5.41, 5.74) is 2.77. The van der Waals surface area contributed by atoms with Crippen molar-refractivity contribution in [1.29, 1.82) is 0 Å². The third-order valence-corrected chi connectivity index (χ3v) is 3.36. The van der Waals surface area contributed by atoms with E-state index in [1.54, 1.807) is 43.3 Å². The van der Waals surface area contributed by atoms with Crippen LogP contribution in [0, 0.1) is 0 Å². The van der Waals surface area contributed by atoms with Gasteiger partial charge < -0.3 is 14.6 Å². The third kappa shape index (κ3) is 4.89. The second kappa shape index (κ2) is 8.21. The van der Waals surface area contributed by atoms with Crippen LogP contribution in [0.1, 0.15) is 12.5 Å². The van der Waals surface area contributed by atoms with E-state index in [0.717, 1.165) is 0 Å². The lowest BCUT2D eigenvalue weighted by atomic mass is 10.2. The fourth-order valence-corrected chi connectivity index (χ4v) is 1.92. The minimum absolute atomic E-state index is 0.0271. The zero-order valence-corrected chi connectivity index (χ0v) is 13.9. The minimum atomic E-state index is -0.748. The first-order valence-corrected chi connectivity index (χ1v) is 7.49. The largest absolute Gasteiger partial charge is 0.507 e. The molecule has 126 valence electrons. The van der Waals surface area contributed by atoms with Gasteiger partial charge in [0.25, 0.3) is 5.91 Å². The van der Waals surface area contributed by atoms with Crippen LogP contribution in [0.3, 0.4) is 0 Å². The van der Waals surface area contributed by atoms with Crippen LogP contribution in [0.25, 0.3) is 0 Å². The number of ether oxygens (including phenoxy) is 2. The van der Waals surface area contributed by atoms with Crippen molar-refractivity contribution in [1.82, 2.24) is 5.43 Å². The molecule has 0 unspecified atom stereocenters. The molecular formula is C17H17ClN2O4. The molecule has 0 saturated carbocycles. The van der Waals surface area contributed by atoms with Crippen LogP contribution in [0.15, 0.2) is 47.6 Å². The molecule has 2 N–H and O–H groups in total. The van der Waals surface area contributed by atoms with Crippen LogP contribution < -0.4 is 14.9 Å². The van der Waals surface area contributed by atoms with Gasteiger partial charge in [0, 0.05) is 10.6 Å². The molecule has 2 aromatic rings. The number of halogens is 1. The Morgan fingerprint density at radius 1 is 1.25 bits per heavy atom. The molecule has 1 amide bonds. The van der Waals surface area contributed by atoms with Gasteiger partial charge in [-0.3, -0.25) is 4.79 Å². The van der Waals surface area contributed by atoms with Crippen LogP contribution in [0.4, 0.5) is 0 Å². The highest BCUT2D eigenvalue weighted by atomic mass is 35.5. The Hall–Kier alpha value is -2.73. The van der Waals surface area contributed by atoms with Crippen LogP contribution in [0.5, 0.6) is 17.2 Å². The molecular weight excluding hydrogens is 332 g/mol. The maximum atomic E-state index is 11.9.